The summed E-state index contributed by atoms with van der Waals surface area (Å²) in [6.45, 7) is 11.5. The number of carboxylic acids is 1. The van der Waals surface area contributed by atoms with Gasteiger partial charge in [0.1, 0.15) is 16.6 Å². The second kappa shape index (κ2) is 22.9. The Hall–Kier alpha value is -7.14. The highest BCUT2D eigenvalue weighted by Crippen LogP contribution is 2.20. The maximum atomic E-state index is 13.5. The van der Waals surface area contributed by atoms with Crippen molar-refractivity contribution in [2.45, 2.75) is 183 Å². The van der Waals surface area contributed by atoms with Gasteiger partial charge in [-0.1, -0.05) is 0 Å². The fourth-order valence-corrected chi connectivity index (χ4v) is 7.80. The molecule has 0 aromatic rings. The molecule has 27 nitrogen and oxygen atoms in total. The van der Waals surface area contributed by atoms with E-state index in [1.54, 1.807) is 0 Å². The van der Waals surface area contributed by atoms with Crippen LogP contribution in [0.2, 0.25) is 0 Å². The molecule has 4 saturated heterocycles. The number of nitrogens with one attached hydrogen (secondary N) is 11. The second-order valence-electron chi connectivity index (χ2n) is 20.2. The lowest BCUT2D eigenvalue weighted by Gasteiger charge is -2.31. The molecule has 0 aromatic heterocycles. The van der Waals surface area contributed by atoms with Crippen molar-refractivity contribution in [3.63, 3.8) is 0 Å². The van der Waals surface area contributed by atoms with Crippen LogP contribution in [0, 0.1) is 0 Å². The van der Waals surface area contributed by atoms with Crippen LogP contribution in [-0.2, 0) is 62.3 Å². The van der Waals surface area contributed by atoms with Crippen molar-refractivity contribution >= 4 is 76.9 Å². The Labute approximate surface area is 410 Å². The van der Waals surface area contributed by atoms with Crippen molar-refractivity contribution in [1.82, 2.24) is 58.5 Å². The van der Waals surface area contributed by atoms with Crippen molar-refractivity contribution in [2.75, 3.05) is 0 Å². The van der Waals surface area contributed by atoms with Crippen molar-refractivity contribution in [1.29, 1.82) is 0 Å². The summed E-state index contributed by atoms with van der Waals surface area (Å²) < 4.78 is 31.7. The van der Waals surface area contributed by atoms with Crippen LogP contribution in [-0.4, -0.2) is 159 Å². The van der Waals surface area contributed by atoms with Crippen molar-refractivity contribution in [2.24, 2.45) is 11.5 Å². The first kappa shape index (κ1) is 59.2. The summed E-state index contributed by atoms with van der Waals surface area (Å²) >= 11 is 0. The molecule has 4 aliphatic rings. The normalized spacial score (nSPS) is 24.2. The van der Waals surface area contributed by atoms with E-state index in [1.807, 2.05) is 0 Å². The van der Waals surface area contributed by atoms with Crippen LogP contribution in [0.4, 0.5) is 13.2 Å². The first-order chi connectivity index (χ1) is 32.8. The SMILES string of the molecule is CC(C)(N)C(=O)N[C@H]1CC(=O)N[C@@H]1CC(=O)NC(C)(C)C(=O)N[C@H]1CC(=O)N[C@@H]1CC(=O)NC(C)(C)C(=O)N[C@H]1CC(=O)N[C@@H]1CC(=O)NC(C)(C)C(=O)N[C@H]1CC(=O)N[C@@H]1CC(N)=O.O=C(O)C(F)(F)F. The van der Waals surface area contributed by atoms with Gasteiger partial charge in [0.2, 0.25) is 70.9 Å². The average Bonchev–Trinajstić information content (AvgIpc) is 3.93. The van der Waals surface area contributed by atoms with E-state index in [1.165, 1.54) is 55.4 Å². The van der Waals surface area contributed by atoms with Crippen molar-refractivity contribution in [3.05, 3.63) is 0 Å². The molecular weight excluding hydrogens is 968 g/mol. The zero-order valence-corrected chi connectivity index (χ0v) is 40.8. The molecule has 30 heteroatoms. The number of hydrogen-bond donors (Lipinski definition) is 14. The lowest BCUT2D eigenvalue weighted by atomic mass is 9.98. The van der Waals surface area contributed by atoms with Crippen LogP contribution in [0.5, 0.6) is 0 Å². The largest absolute Gasteiger partial charge is 0.490 e. The number of carboxylic acid groups (broad SMARTS) is 1. The molecule has 4 aliphatic heterocycles. The molecule has 0 spiro atoms. The van der Waals surface area contributed by atoms with E-state index in [0.29, 0.717) is 0 Å². The van der Waals surface area contributed by atoms with Gasteiger partial charge in [-0.15, -0.1) is 0 Å². The third kappa shape index (κ3) is 17.3. The van der Waals surface area contributed by atoms with Crippen LogP contribution in [0.15, 0.2) is 0 Å². The molecule has 4 fully saturated rings. The van der Waals surface area contributed by atoms with Crippen LogP contribution < -0.4 is 70.0 Å². The van der Waals surface area contributed by atoms with E-state index in [-0.39, 0.29) is 63.2 Å². The average molecular weight is 1030 g/mol. The van der Waals surface area contributed by atoms with E-state index in [0.717, 1.165) is 0 Å². The van der Waals surface area contributed by atoms with E-state index in [9.17, 15) is 70.7 Å². The number of amides is 12. The topological polar surface area (TPSA) is 427 Å². The van der Waals surface area contributed by atoms with Gasteiger partial charge < -0.3 is 75.1 Å². The van der Waals surface area contributed by atoms with Crippen LogP contribution in [0.1, 0.15) is 107 Å². The maximum absolute atomic E-state index is 13.5. The van der Waals surface area contributed by atoms with E-state index in [4.69, 9.17) is 21.4 Å². The molecule has 402 valence electrons. The fourth-order valence-electron chi connectivity index (χ4n) is 7.80. The standard InChI is InChI=1S/C40H63N13O12.C2HF3O2/c1-37(2,42)33(62)47-22-11-27(56)44-18(22)14-30(59)51-39(5,6)35(64)49-24-13-29(58)46-20(24)16-32(61)53-40(7,8)36(65)50-23-12-28(57)45-19(23)15-31(60)52-38(3,4)34(63)48-21-10-26(55)43-17(21)9-25(41)54;3-2(4,5)1(6)7/h17-24H,9-16,42H2,1-8H3,(H2,41,54)(H,43,55)(H,44,56)(H,45,57)(H,46,58)(H,47,62)(H,48,63)(H,49,64)(H,50,65)(H,51,59)(H,52,60)(H,53,61);(H,6,7)/t17-,18-,19-,20-,21+,22+,23+,24+;/m1./s1. The Morgan fingerprint density at radius 3 is 0.917 bits per heavy atom. The molecule has 0 bridgehead atoms. The third-order valence-electron chi connectivity index (χ3n) is 11.7. The second-order valence-corrected chi connectivity index (χ2v) is 20.2. The summed E-state index contributed by atoms with van der Waals surface area (Å²) in [6.07, 6.45) is -6.83. The minimum atomic E-state index is -5.08. The number of nitrogens with two attached hydrogens (primary N) is 2. The minimum absolute atomic E-state index is 0.0676. The molecule has 4 heterocycles. The number of hydrogen-bond acceptors (Lipinski definition) is 14. The summed E-state index contributed by atoms with van der Waals surface area (Å²) in [4.78, 5) is 162. The highest BCUT2D eigenvalue weighted by Gasteiger charge is 2.44. The molecule has 12 amide bonds. The van der Waals surface area contributed by atoms with Gasteiger partial charge in [0.05, 0.1) is 53.9 Å². The number of primary amides is 1. The zero-order valence-electron chi connectivity index (χ0n) is 40.8. The van der Waals surface area contributed by atoms with Gasteiger partial charge in [0.25, 0.3) is 0 Å². The molecule has 0 saturated carbocycles. The first-order valence-corrected chi connectivity index (χ1v) is 22.5. The van der Waals surface area contributed by atoms with Crippen LogP contribution in [0.3, 0.4) is 0 Å². The predicted molar refractivity (Wildman–Crippen MR) is 240 cm³/mol. The van der Waals surface area contributed by atoms with Gasteiger partial charge in [-0.25, -0.2) is 4.79 Å². The quantitative estimate of drug-likeness (QED) is 0.0574. The Morgan fingerprint density at radius 1 is 0.486 bits per heavy atom. The molecule has 0 aromatic carbocycles. The molecule has 0 aliphatic carbocycles. The molecule has 16 N–H and O–H groups in total. The molecule has 0 unspecified atom stereocenters. The maximum Gasteiger partial charge on any atom is 0.490 e. The van der Waals surface area contributed by atoms with Crippen LogP contribution in [0.25, 0.3) is 0 Å². The van der Waals surface area contributed by atoms with Gasteiger partial charge in [0, 0.05) is 51.4 Å². The zero-order chi connectivity index (χ0) is 55.1. The summed E-state index contributed by atoms with van der Waals surface area (Å²) in [6, 6.07) is -6.59. The number of rotatable bonds is 19. The van der Waals surface area contributed by atoms with Gasteiger partial charge >= 0.3 is 12.1 Å². The fraction of sp³-hybridized carbons (Fsp3) is 0.690. The smallest absolute Gasteiger partial charge is 0.475 e. The summed E-state index contributed by atoms with van der Waals surface area (Å²) in [5.41, 5.74) is 5.25. The molecule has 72 heavy (non-hydrogen) atoms. The predicted octanol–water partition coefficient (Wildman–Crippen LogP) is -5.42. The molecular formula is C42H64F3N13O14. The summed E-state index contributed by atoms with van der Waals surface area (Å²) in [5, 5.41) is 36.2. The van der Waals surface area contributed by atoms with E-state index >= 15 is 0 Å². The van der Waals surface area contributed by atoms with E-state index in [2.05, 4.69) is 58.5 Å². The molecule has 8 atom stereocenters. The summed E-state index contributed by atoms with van der Waals surface area (Å²) in [5.74, 6) is -9.65. The van der Waals surface area contributed by atoms with E-state index < -0.39 is 142 Å². The number of alkyl halides is 3. The Bertz CT molecular complexity index is 2210. The monoisotopic (exact) mass is 1030 g/mol. The van der Waals surface area contributed by atoms with Crippen molar-refractivity contribution in [3.8, 4) is 0 Å². The Balaban J connectivity index is 0.00000181. The highest BCUT2D eigenvalue weighted by atomic mass is 19.4. The number of aliphatic carboxylic acids is 1. The van der Waals surface area contributed by atoms with Gasteiger partial charge in [0.15, 0.2) is 0 Å². The van der Waals surface area contributed by atoms with Crippen LogP contribution >= 0.6 is 0 Å². The van der Waals surface area contributed by atoms with Gasteiger partial charge in [-0.05, 0) is 55.4 Å². The number of halogens is 3. The summed E-state index contributed by atoms with van der Waals surface area (Å²) in [7, 11) is 0. The minimum Gasteiger partial charge on any atom is -0.475 e. The van der Waals surface area contributed by atoms with Crippen molar-refractivity contribution < 1.29 is 80.6 Å². The highest BCUT2D eigenvalue weighted by molar-refractivity contribution is 5.96. The lowest BCUT2D eigenvalue weighted by molar-refractivity contribution is -0.192. The third-order valence-corrected chi connectivity index (χ3v) is 11.7. The number of carbonyl (C=O) groups is 13. The number of carbonyl (C=O) groups excluding carboxylic acids is 12. The van der Waals surface area contributed by atoms with Gasteiger partial charge in [-0.2, -0.15) is 13.2 Å². The first-order valence-electron chi connectivity index (χ1n) is 22.5. The molecule has 4 rings (SSSR count). The lowest BCUT2D eigenvalue weighted by Crippen LogP contribution is -2.61. The Morgan fingerprint density at radius 2 is 0.708 bits per heavy atom. The van der Waals surface area contributed by atoms with Gasteiger partial charge in [-0.3, -0.25) is 57.5 Å². The molecule has 0 radical (unpaired) electrons. The Kier molecular flexibility index (Phi) is 18.9.